The standard InChI is InChI=1S/C24H26O10/c1-13(25)29-12-20-21(30-14(2)26)22(31-15(3)27)23(32-16(4)28)24(34-20)33-19-11-7-9-17-8-5-6-10-18(17)19/h5-11,20-24H,12H2,1-4H3/t20-,21-,22+,23-,24-/m1/s1. The van der Waals surface area contributed by atoms with Gasteiger partial charge in [-0.2, -0.15) is 0 Å². The summed E-state index contributed by atoms with van der Waals surface area (Å²) in [6, 6.07) is 12.8. The van der Waals surface area contributed by atoms with Crippen LogP contribution in [-0.4, -0.2) is 61.2 Å². The molecular weight excluding hydrogens is 448 g/mol. The SMILES string of the molecule is CC(=O)OC[C@H]1O[C@@H](Oc2cccc3ccccc23)[C@H](OC(C)=O)[C@@H](OC(C)=O)[C@@H]1OC(C)=O. The summed E-state index contributed by atoms with van der Waals surface area (Å²) in [5, 5.41) is 1.66. The summed E-state index contributed by atoms with van der Waals surface area (Å²) < 4.78 is 33.4. The number of ether oxygens (including phenoxy) is 6. The van der Waals surface area contributed by atoms with E-state index < -0.39 is 54.6 Å². The molecule has 34 heavy (non-hydrogen) atoms. The van der Waals surface area contributed by atoms with Gasteiger partial charge in [-0.25, -0.2) is 0 Å². The van der Waals surface area contributed by atoms with Crippen LogP contribution in [0, 0.1) is 0 Å². The molecule has 3 rings (SSSR count). The van der Waals surface area contributed by atoms with Crippen molar-refractivity contribution in [2.45, 2.75) is 58.4 Å². The highest BCUT2D eigenvalue weighted by atomic mass is 16.7. The molecule has 1 aliphatic heterocycles. The van der Waals surface area contributed by atoms with Gasteiger partial charge in [-0.1, -0.05) is 36.4 Å². The maximum atomic E-state index is 11.9. The highest BCUT2D eigenvalue weighted by Gasteiger charge is 2.53. The van der Waals surface area contributed by atoms with Crippen molar-refractivity contribution >= 4 is 34.6 Å². The Labute approximate surface area is 196 Å². The van der Waals surface area contributed by atoms with Gasteiger partial charge < -0.3 is 28.4 Å². The first kappa shape index (κ1) is 25.0. The lowest BCUT2D eigenvalue weighted by molar-refractivity contribution is -0.288. The van der Waals surface area contributed by atoms with Crippen molar-refractivity contribution in [3.8, 4) is 5.75 Å². The smallest absolute Gasteiger partial charge is 0.303 e. The van der Waals surface area contributed by atoms with E-state index in [9.17, 15) is 19.2 Å². The maximum absolute atomic E-state index is 11.9. The number of rotatable bonds is 7. The van der Waals surface area contributed by atoms with Crippen molar-refractivity contribution in [1.82, 2.24) is 0 Å². The zero-order valence-electron chi connectivity index (χ0n) is 19.2. The average Bonchev–Trinajstić information content (AvgIpc) is 2.75. The normalized spacial score (nSPS) is 24.1. The second kappa shape index (κ2) is 11.0. The Bertz CT molecular complexity index is 1060. The van der Waals surface area contributed by atoms with Gasteiger partial charge in [0, 0.05) is 33.1 Å². The summed E-state index contributed by atoms with van der Waals surface area (Å²) in [6.07, 6.45) is -6.19. The van der Waals surface area contributed by atoms with Gasteiger partial charge in [0.1, 0.15) is 18.5 Å². The molecule has 0 spiro atoms. The lowest BCUT2D eigenvalue weighted by Gasteiger charge is -2.44. The van der Waals surface area contributed by atoms with E-state index in [0.29, 0.717) is 5.75 Å². The molecule has 0 unspecified atom stereocenters. The molecule has 0 aromatic heterocycles. The van der Waals surface area contributed by atoms with E-state index >= 15 is 0 Å². The monoisotopic (exact) mass is 474 g/mol. The highest BCUT2D eigenvalue weighted by Crippen LogP contribution is 2.33. The van der Waals surface area contributed by atoms with Crippen molar-refractivity contribution in [2.24, 2.45) is 0 Å². The largest absolute Gasteiger partial charge is 0.463 e. The highest BCUT2D eigenvalue weighted by molar-refractivity contribution is 5.88. The summed E-state index contributed by atoms with van der Waals surface area (Å²) in [4.78, 5) is 47.1. The van der Waals surface area contributed by atoms with Crippen molar-refractivity contribution in [3.63, 3.8) is 0 Å². The third-order valence-electron chi connectivity index (χ3n) is 4.94. The minimum Gasteiger partial charge on any atom is -0.463 e. The molecule has 10 heteroatoms. The third kappa shape index (κ3) is 6.22. The molecule has 1 aliphatic rings. The Morgan fingerprint density at radius 3 is 1.97 bits per heavy atom. The van der Waals surface area contributed by atoms with Crippen molar-refractivity contribution < 1.29 is 47.6 Å². The van der Waals surface area contributed by atoms with E-state index in [-0.39, 0.29) is 6.61 Å². The fraction of sp³-hybridized carbons (Fsp3) is 0.417. The molecular formula is C24H26O10. The summed E-state index contributed by atoms with van der Waals surface area (Å²) in [6.45, 7) is 4.37. The fourth-order valence-corrected chi connectivity index (χ4v) is 3.71. The van der Waals surface area contributed by atoms with Crippen molar-refractivity contribution in [3.05, 3.63) is 42.5 Å². The predicted octanol–water partition coefficient (Wildman–Crippen LogP) is 2.30. The molecule has 2 aromatic carbocycles. The molecule has 1 saturated heterocycles. The second-order valence-corrected chi connectivity index (χ2v) is 7.66. The molecule has 1 heterocycles. The molecule has 0 saturated carbocycles. The topological polar surface area (TPSA) is 124 Å². The first-order valence-electron chi connectivity index (χ1n) is 10.6. The number of carbonyl (C=O) groups excluding carboxylic acids is 4. The van der Waals surface area contributed by atoms with Gasteiger partial charge in [-0.05, 0) is 11.5 Å². The number of hydrogen-bond acceptors (Lipinski definition) is 10. The van der Waals surface area contributed by atoms with E-state index in [1.807, 2.05) is 30.3 Å². The molecule has 0 bridgehead atoms. The molecule has 182 valence electrons. The minimum absolute atomic E-state index is 0.326. The van der Waals surface area contributed by atoms with Gasteiger partial charge in [-0.15, -0.1) is 0 Å². The van der Waals surface area contributed by atoms with Crippen LogP contribution in [0.3, 0.4) is 0 Å². The summed E-state index contributed by atoms with van der Waals surface area (Å²) in [7, 11) is 0. The van der Waals surface area contributed by atoms with Crippen LogP contribution in [0.2, 0.25) is 0 Å². The van der Waals surface area contributed by atoms with Crippen LogP contribution < -0.4 is 4.74 Å². The molecule has 0 N–H and O–H groups in total. The predicted molar refractivity (Wildman–Crippen MR) is 117 cm³/mol. The van der Waals surface area contributed by atoms with Gasteiger partial charge in [0.05, 0.1) is 0 Å². The van der Waals surface area contributed by atoms with Gasteiger partial charge >= 0.3 is 23.9 Å². The molecule has 2 aromatic rings. The lowest BCUT2D eigenvalue weighted by atomic mass is 9.98. The Morgan fingerprint density at radius 2 is 1.32 bits per heavy atom. The van der Waals surface area contributed by atoms with Gasteiger partial charge in [0.15, 0.2) is 12.2 Å². The minimum atomic E-state index is -1.29. The van der Waals surface area contributed by atoms with Gasteiger partial charge in [0.25, 0.3) is 0 Å². The first-order valence-corrected chi connectivity index (χ1v) is 10.6. The Morgan fingerprint density at radius 1 is 0.735 bits per heavy atom. The van der Waals surface area contributed by atoms with Crippen LogP contribution in [0.4, 0.5) is 0 Å². The van der Waals surface area contributed by atoms with Gasteiger partial charge in [-0.3, -0.25) is 19.2 Å². The molecule has 10 nitrogen and oxygen atoms in total. The summed E-state index contributed by atoms with van der Waals surface area (Å²) >= 11 is 0. The van der Waals surface area contributed by atoms with Crippen molar-refractivity contribution in [1.29, 1.82) is 0 Å². The fourth-order valence-electron chi connectivity index (χ4n) is 3.71. The first-order chi connectivity index (χ1) is 16.2. The zero-order valence-corrected chi connectivity index (χ0v) is 19.2. The second-order valence-electron chi connectivity index (χ2n) is 7.66. The van der Waals surface area contributed by atoms with E-state index in [4.69, 9.17) is 28.4 Å². The van der Waals surface area contributed by atoms with E-state index in [0.717, 1.165) is 24.6 Å². The molecule has 0 amide bonds. The molecule has 1 fully saturated rings. The molecule has 5 atom stereocenters. The van der Waals surface area contributed by atoms with Crippen LogP contribution in [-0.2, 0) is 42.9 Å². The Hall–Kier alpha value is -3.66. The van der Waals surface area contributed by atoms with E-state index in [1.54, 1.807) is 12.1 Å². The van der Waals surface area contributed by atoms with Crippen LogP contribution in [0.1, 0.15) is 27.7 Å². The van der Waals surface area contributed by atoms with Crippen LogP contribution in [0.5, 0.6) is 5.75 Å². The number of carbonyl (C=O) groups is 4. The molecule has 0 aliphatic carbocycles. The van der Waals surface area contributed by atoms with Crippen LogP contribution >= 0.6 is 0 Å². The maximum Gasteiger partial charge on any atom is 0.303 e. The van der Waals surface area contributed by atoms with Crippen molar-refractivity contribution in [2.75, 3.05) is 6.61 Å². The number of hydrogen-bond donors (Lipinski definition) is 0. The van der Waals surface area contributed by atoms with E-state index in [1.165, 1.54) is 13.8 Å². The lowest BCUT2D eigenvalue weighted by Crippen LogP contribution is -2.63. The third-order valence-corrected chi connectivity index (χ3v) is 4.94. The van der Waals surface area contributed by atoms with Crippen LogP contribution in [0.15, 0.2) is 42.5 Å². The summed E-state index contributed by atoms with van der Waals surface area (Å²) in [5.74, 6) is -2.29. The summed E-state index contributed by atoms with van der Waals surface area (Å²) in [5.41, 5.74) is 0. The number of fused-ring (bicyclic) bond motifs is 1. The number of benzene rings is 2. The molecule has 0 radical (unpaired) electrons. The van der Waals surface area contributed by atoms with Gasteiger partial charge in [0.2, 0.25) is 12.4 Å². The van der Waals surface area contributed by atoms with E-state index in [2.05, 4.69) is 0 Å². The average molecular weight is 474 g/mol. The number of esters is 4. The van der Waals surface area contributed by atoms with Crippen LogP contribution in [0.25, 0.3) is 10.8 Å². The Balaban J connectivity index is 2.03. The quantitative estimate of drug-likeness (QED) is 0.436. The Kier molecular flexibility index (Phi) is 8.06. The zero-order chi connectivity index (χ0) is 24.8.